The van der Waals surface area contributed by atoms with Gasteiger partial charge in [-0.05, 0) is 59.4 Å². The summed E-state index contributed by atoms with van der Waals surface area (Å²) in [5.41, 5.74) is -1.22. The van der Waals surface area contributed by atoms with Gasteiger partial charge in [-0.25, -0.2) is 9.78 Å². The van der Waals surface area contributed by atoms with Gasteiger partial charge in [-0.1, -0.05) is 50.1 Å². The van der Waals surface area contributed by atoms with Crippen molar-refractivity contribution < 1.29 is 23.9 Å². The van der Waals surface area contributed by atoms with Gasteiger partial charge in [-0.2, -0.15) is 0 Å². The van der Waals surface area contributed by atoms with E-state index < -0.39 is 41.1 Å². The summed E-state index contributed by atoms with van der Waals surface area (Å²) in [6, 6.07) is 8.01. The molecule has 11 heteroatoms. The first-order valence-corrected chi connectivity index (χ1v) is 14.3. The standard InChI is InChI=1S/C30H44N6O5/c1-7-8-16-22(32-27(39)30(5,6)34-28(40)41-29(2,3)4)25(37)33-23-19-36(20-31-23)24(21-14-10-9-11-15-21)26(38)35-17-12-13-18-35/h9-11,14-15,19-20,22,24H,7-8,12-13,16-18H2,1-6H3,(H,32,39)(H,33,37)(H,34,40). The molecular formula is C30H44N6O5. The SMILES string of the molecule is CCCCC(NC(=O)C(C)(C)NC(=O)OC(C)(C)C)C(=O)Nc1cn(C(C(=O)N2CCCC2)c2ccccc2)cn1. The van der Waals surface area contributed by atoms with E-state index in [1.54, 1.807) is 45.4 Å². The monoisotopic (exact) mass is 568 g/mol. The quantitative estimate of drug-likeness (QED) is 0.375. The molecular weight excluding hydrogens is 524 g/mol. The second-order valence-corrected chi connectivity index (χ2v) is 12.0. The summed E-state index contributed by atoms with van der Waals surface area (Å²) in [4.78, 5) is 58.4. The summed E-state index contributed by atoms with van der Waals surface area (Å²) in [6.45, 7) is 11.7. The minimum Gasteiger partial charge on any atom is -0.444 e. The predicted molar refractivity (Wildman–Crippen MR) is 156 cm³/mol. The van der Waals surface area contributed by atoms with Crippen LogP contribution in [0.2, 0.25) is 0 Å². The third kappa shape index (κ3) is 9.06. The molecule has 3 rings (SSSR count). The fourth-order valence-electron chi connectivity index (χ4n) is 4.58. The lowest BCUT2D eigenvalue weighted by molar-refractivity contribution is -0.132. The van der Waals surface area contributed by atoms with Crippen LogP contribution >= 0.6 is 0 Å². The number of hydrogen-bond donors (Lipinski definition) is 3. The van der Waals surface area contributed by atoms with E-state index in [2.05, 4.69) is 20.9 Å². The molecule has 0 radical (unpaired) electrons. The zero-order chi connectivity index (χ0) is 30.2. The molecule has 224 valence electrons. The first-order valence-electron chi connectivity index (χ1n) is 14.3. The van der Waals surface area contributed by atoms with Crippen LogP contribution in [0, 0.1) is 0 Å². The number of aromatic nitrogens is 2. The third-order valence-electron chi connectivity index (χ3n) is 6.77. The molecule has 0 spiro atoms. The van der Waals surface area contributed by atoms with Crippen molar-refractivity contribution in [2.75, 3.05) is 18.4 Å². The average Bonchev–Trinajstić information content (AvgIpc) is 3.58. The number of anilines is 1. The number of carbonyl (C=O) groups excluding carboxylic acids is 4. The lowest BCUT2D eigenvalue weighted by Crippen LogP contribution is -2.58. The number of nitrogens with one attached hydrogen (secondary N) is 3. The molecule has 0 saturated carbocycles. The number of likely N-dealkylation sites (tertiary alicyclic amines) is 1. The Morgan fingerprint density at radius 2 is 1.68 bits per heavy atom. The molecule has 2 atom stereocenters. The summed E-state index contributed by atoms with van der Waals surface area (Å²) in [7, 11) is 0. The molecule has 2 aromatic rings. The Hall–Kier alpha value is -3.89. The summed E-state index contributed by atoms with van der Waals surface area (Å²) < 4.78 is 6.98. The van der Waals surface area contributed by atoms with Crippen molar-refractivity contribution in [2.24, 2.45) is 0 Å². The third-order valence-corrected chi connectivity index (χ3v) is 6.77. The van der Waals surface area contributed by atoms with Crippen LogP contribution in [-0.2, 0) is 19.1 Å². The molecule has 2 unspecified atom stereocenters. The highest BCUT2D eigenvalue weighted by Crippen LogP contribution is 2.25. The van der Waals surface area contributed by atoms with Crippen LogP contribution in [0.3, 0.4) is 0 Å². The van der Waals surface area contributed by atoms with Crippen molar-refractivity contribution in [3.05, 3.63) is 48.4 Å². The van der Waals surface area contributed by atoms with Gasteiger partial charge in [0.1, 0.15) is 23.2 Å². The number of ether oxygens (including phenoxy) is 1. The smallest absolute Gasteiger partial charge is 0.408 e. The van der Waals surface area contributed by atoms with Crippen molar-refractivity contribution >= 4 is 29.6 Å². The fraction of sp³-hybridized carbons (Fsp3) is 0.567. The lowest BCUT2D eigenvalue weighted by Gasteiger charge is -2.29. The number of nitrogens with zero attached hydrogens (tertiary/aromatic N) is 3. The molecule has 1 fully saturated rings. The Labute approximate surface area is 242 Å². The topological polar surface area (TPSA) is 135 Å². The first-order chi connectivity index (χ1) is 19.3. The number of benzene rings is 1. The maximum absolute atomic E-state index is 13.5. The Morgan fingerprint density at radius 3 is 2.29 bits per heavy atom. The van der Waals surface area contributed by atoms with Crippen LogP contribution in [0.4, 0.5) is 10.6 Å². The predicted octanol–water partition coefficient (Wildman–Crippen LogP) is 4.01. The molecule has 3 N–H and O–H groups in total. The van der Waals surface area contributed by atoms with Crippen LogP contribution in [0.5, 0.6) is 0 Å². The van der Waals surface area contributed by atoms with Gasteiger partial charge >= 0.3 is 6.09 Å². The Kier molecular flexibility index (Phi) is 10.5. The van der Waals surface area contributed by atoms with Gasteiger partial charge in [0.05, 0.1) is 6.33 Å². The number of amides is 4. The zero-order valence-electron chi connectivity index (χ0n) is 25.0. The molecule has 41 heavy (non-hydrogen) atoms. The summed E-state index contributed by atoms with van der Waals surface area (Å²) in [6.07, 6.45) is 6.33. The molecule has 1 saturated heterocycles. The van der Waals surface area contributed by atoms with Gasteiger partial charge in [0, 0.05) is 19.3 Å². The van der Waals surface area contributed by atoms with Gasteiger partial charge in [-0.3, -0.25) is 14.4 Å². The van der Waals surface area contributed by atoms with E-state index in [-0.39, 0.29) is 11.7 Å². The van der Waals surface area contributed by atoms with Crippen LogP contribution in [0.15, 0.2) is 42.9 Å². The molecule has 11 nitrogen and oxygen atoms in total. The van der Waals surface area contributed by atoms with E-state index in [9.17, 15) is 19.2 Å². The van der Waals surface area contributed by atoms with Crippen LogP contribution in [0.1, 0.15) is 85.3 Å². The minimum atomic E-state index is -1.33. The fourth-order valence-corrected chi connectivity index (χ4v) is 4.58. The van der Waals surface area contributed by atoms with E-state index in [0.29, 0.717) is 12.8 Å². The van der Waals surface area contributed by atoms with E-state index in [1.165, 1.54) is 6.33 Å². The molecule has 1 aliphatic heterocycles. The molecule has 1 aliphatic rings. The Balaban J connectivity index is 1.73. The largest absolute Gasteiger partial charge is 0.444 e. The summed E-state index contributed by atoms with van der Waals surface area (Å²) >= 11 is 0. The maximum Gasteiger partial charge on any atom is 0.408 e. The average molecular weight is 569 g/mol. The highest BCUT2D eigenvalue weighted by molar-refractivity contribution is 5.98. The number of unbranched alkanes of at least 4 members (excludes halogenated alkanes) is 1. The van der Waals surface area contributed by atoms with Gasteiger partial charge in [0.2, 0.25) is 17.7 Å². The van der Waals surface area contributed by atoms with Crippen molar-refractivity contribution in [1.29, 1.82) is 0 Å². The number of rotatable bonds is 11. The molecule has 1 aromatic carbocycles. The molecule has 4 amide bonds. The Bertz CT molecular complexity index is 1200. The van der Waals surface area contributed by atoms with Crippen molar-refractivity contribution in [2.45, 2.75) is 96.9 Å². The van der Waals surface area contributed by atoms with E-state index in [4.69, 9.17) is 4.74 Å². The van der Waals surface area contributed by atoms with Crippen molar-refractivity contribution in [3.8, 4) is 0 Å². The molecule has 1 aromatic heterocycles. The maximum atomic E-state index is 13.5. The number of imidazole rings is 1. The van der Waals surface area contributed by atoms with Gasteiger partial charge < -0.3 is 30.2 Å². The second-order valence-electron chi connectivity index (χ2n) is 12.0. The number of hydrogen-bond acceptors (Lipinski definition) is 6. The van der Waals surface area contributed by atoms with Gasteiger partial charge in [0.25, 0.3) is 0 Å². The molecule has 0 bridgehead atoms. The highest BCUT2D eigenvalue weighted by Gasteiger charge is 2.35. The minimum absolute atomic E-state index is 0.0169. The lowest BCUT2D eigenvalue weighted by atomic mass is 10.0. The van der Waals surface area contributed by atoms with E-state index >= 15 is 0 Å². The Morgan fingerprint density at radius 1 is 1.02 bits per heavy atom. The van der Waals surface area contributed by atoms with Crippen LogP contribution in [-0.4, -0.2) is 68.5 Å². The van der Waals surface area contributed by atoms with Crippen LogP contribution in [0.25, 0.3) is 0 Å². The van der Waals surface area contributed by atoms with E-state index in [0.717, 1.165) is 37.9 Å². The van der Waals surface area contributed by atoms with Gasteiger partial charge in [-0.15, -0.1) is 0 Å². The zero-order valence-corrected chi connectivity index (χ0v) is 25.0. The summed E-state index contributed by atoms with van der Waals surface area (Å²) in [5, 5.41) is 8.14. The first kappa shape index (κ1) is 31.6. The van der Waals surface area contributed by atoms with Crippen LogP contribution < -0.4 is 16.0 Å². The summed E-state index contributed by atoms with van der Waals surface area (Å²) in [5.74, 6) is -0.707. The second kappa shape index (κ2) is 13.6. The highest BCUT2D eigenvalue weighted by atomic mass is 16.6. The molecule has 0 aliphatic carbocycles. The van der Waals surface area contributed by atoms with Crippen molar-refractivity contribution in [1.82, 2.24) is 25.1 Å². The normalized spacial score (nSPS) is 15.1. The molecule has 2 heterocycles. The van der Waals surface area contributed by atoms with Gasteiger partial charge in [0.15, 0.2) is 5.82 Å². The van der Waals surface area contributed by atoms with E-state index in [1.807, 2.05) is 42.2 Å². The number of alkyl carbamates (subject to hydrolysis) is 1. The number of carbonyl (C=O) groups is 4. The van der Waals surface area contributed by atoms with Crippen molar-refractivity contribution in [3.63, 3.8) is 0 Å².